The Morgan fingerprint density at radius 3 is 1.88 bits per heavy atom. The molecular formula is C40H25N3. The van der Waals surface area contributed by atoms with Gasteiger partial charge in [0.1, 0.15) is 0 Å². The van der Waals surface area contributed by atoms with Gasteiger partial charge >= 0.3 is 0 Å². The van der Waals surface area contributed by atoms with E-state index in [1.54, 1.807) is 0 Å². The molecule has 9 rings (SSSR count). The van der Waals surface area contributed by atoms with E-state index in [0.29, 0.717) is 0 Å². The number of aromatic nitrogens is 3. The van der Waals surface area contributed by atoms with Crippen molar-refractivity contribution in [3.05, 3.63) is 152 Å². The molecular weight excluding hydrogens is 522 g/mol. The molecule has 0 spiro atoms. The van der Waals surface area contributed by atoms with Crippen molar-refractivity contribution in [1.82, 2.24) is 14.5 Å². The highest BCUT2D eigenvalue weighted by Gasteiger charge is 2.18. The maximum absolute atomic E-state index is 5.09. The molecule has 0 fully saturated rings. The number of fused-ring (bicyclic) bond motifs is 8. The van der Waals surface area contributed by atoms with E-state index in [0.717, 1.165) is 39.2 Å². The van der Waals surface area contributed by atoms with Crippen molar-refractivity contribution >= 4 is 54.3 Å². The number of rotatable bonds is 3. The quantitative estimate of drug-likeness (QED) is 0.220. The Kier molecular flexibility index (Phi) is 5.20. The Balaban J connectivity index is 1.28. The molecule has 0 amide bonds. The van der Waals surface area contributed by atoms with Crippen LogP contribution >= 0.6 is 0 Å². The number of benzene rings is 7. The summed E-state index contributed by atoms with van der Waals surface area (Å²) in [6.07, 6.45) is 0. The summed E-state index contributed by atoms with van der Waals surface area (Å²) in [6.45, 7) is 0. The second-order valence-corrected chi connectivity index (χ2v) is 11.0. The van der Waals surface area contributed by atoms with Gasteiger partial charge < -0.3 is 4.57 Å². The summed E-state index contributed by atoms with van der Waals surface area (Å²) in [5.74, 6) is 0.725. The third kappa shape index (κ3) is 3.68. The van der Waals surface area contributed by atoms with Gasteiger partial charge in [0.2, 0.25) is 0 Å². The molecule has 0 unspecified atom stereocenters. The highest BCUT2D eigenvalue weighted by Crippen LogP contribution is 2.40. The lowest BCUT2D eigenvalue weighted by atomic mass is 10.0. The van der Waals surface area contributed by atoms with E-state index in [1.165, 1.54) is 43.4 Å². The Morgan fingerprint density at radius 2 is 1.07 bits per heavy atom. The summed E-state index contributed by atoms with van der Waals surface area (Å²) < 4.78 is 2.42. The number of hydrogen-bond acceptors (Lipinski definition) is 2. The topological polar surface area (TPSA) is 30.7 Å². The normalized spacial score (nSPS) is 11.7. The molecule has 3 nitrogen and oxygen atoms in total. The Bertz CT molecular complexity index is 2490. The van der Waals surface area contributed by atoms with Gasteiger partial charge in [0.05, 0.1) is 22.2 Å². The Morgan fingerprint density at radius 1 is 0.419 bits per heavy atom. The van der Waals surface area contributed by atoms with E-state index >= 15 is 0 Å². The maximum Gasteiger partial charge on any atom is 0.160 e. The summed E-state index contributed by atoms with van der Waals surface area (Å²) in [5.41, 5.74) is 7.50. The lowest BCUT2D eigenvalue weighted by Crippen LogP contribution is -1.97. The first-order valence-electron chi connectivity index (χ1n) is 14.6. The van der Waals surface area contributed by atoms with Crippen LogP contribution in [0, 0.1) is 0 Å². The first kappa shape index (κ1) is 23.9. The summed E-state index contributed by atoms with van der Waals surface area (Å²) in [7, 11) is 0. The van der Waals surface area contributed by atoms with Crippen LogP contribution in [0.15, 0.2) is 152 Å². The van der Waals surface area contributed by atoms with Gasteiger partial charge in [0.25, 0.3) is 0 Å². The minimum atomic E-state index is 0.725. The predicted molar refractivity (Wildman–Crippen MR) is 180 cm³/mol. The molecule has 2 heterocycles. The predicted octanol–water partition coefficient (Wildman–Crippen LogP) is 10.4. The van der Waals surface area contributed by atoms with Crippen LogP contribution in [0.1, 0.15) is 0 Å². The molecule has 9 aromatic rings. The molecule has 0 N–H and O–H groups in total. The zero-order valence-electron chi connectivity index (χ0n) is 23.3. The van der Waals surface area contributed by atoms with E-state index in [2.05, 4.69) is 138 Å². The Labute approximate surface area is 248 Å². The van der Waals surface area contributed by atoms with Gasteiger partial charge in [0.15, 0.2) is 5.82 Å². The van der Waals surface area contributed by atoms with Crippen molar-refractivity contribution in [3.8, 4) is 28.3 Å². The lowest BCUT2D eigenvalue weighted by Gasteiger charge is -2.12. The molecule has 0 saturated heterocycles. The molecule has 43 heavy (non-hydrogen) atoms. The molecule has 0 radical (unpaired) electrons. The maximum atomic E-state index is 5.09. The van der Waals surface area contributed by atoms with Crippen LogP contribution in [-0.4, -0.2) is 14.5 Å². The molecule has 0 aliphatic rings. The summed E-state index contributed by atoms with van der Waals surface area (Å²) >= 11 is 0. The fraction of sp³-hybridized carbons (Fsp3) is 0. The van der Waals surface area contributed by atoms with Crippen molar-refractivity contribution in [2.75, 3.05) is 0 Å². The fourth-order valence-electron chi connectivity index (χ4n) is 6.60. The first-order chi connectivity index (χ1) is 21.3. The van der Waals surface area contributed by atoms with E-state index in [9.17, 15) is 0 Å². The van der Waals surface area contributed by atoms with E-state index in [4.69, 9.17) is 9.97 Å². The zero-order chi connectivity index (χ0) is 28.3. The monoisotopic (exact) mass is 547 g/mol. The smallest absolute Gasteiger partial charge is 0.160 e. The second-order valence-electron chi connectivity index (χ2n) is 11.0. The van der Waals surface area contributed by atoms with Crippen LogP contribution in [0.3, 0.4) is 0 Å². The van der Waals surface area contributed by atoms with Gasteiger partial charge in [-0.1, -0.05) is 115 Å². The van der Waals surface area contributed by atoms with Crippen molar-refractivity contribution in [2.45, 2.75) is 0 Å². The van der Waals surface area contributed by atoms with Crippen LogP contribution in [0.2, 0.25) is 0 Å². The minimum absolute atomic E-state index is 0.725. The van der Waals surface area contributed by atoms with Crippen LogP contribution in [0.4, 0.5) is 0 Å². The van der Waals surface area contributed by atoms with E-state index in [-0.39, 0.29) is 0 Å². The van der Waals surface area contributed by atoms with Gasteiger partial charge in [-0.2, -0.15) is 0 Å². The molecule has 7 aromatic carbocycles. The summed E-state index contributed by atoms with van der Waals surface area (Å²) in [5, 5.41) is 8.60. The van der Waals surface area contributed by atoms with Crippen molar-refractivity contribution in [2.24, 2.45) is 0 Å². The molecule has 0 aliphatic heterocycles. The number of nitrogens with zero attached hydrogens (tertiary/aromatic N) is 3. The van der Waals surface area contributed by atoms with Crippen molar-refractivity contribution < 1.29 is 0 Å². The van der Waals surface area contributed by atoms with Crippen molar-refractivity contribution in [3.63, 3.8) is 0 Å². The average Bonchev–Trinajstić information content (AvgIpc) is 3.44. The van der Waals surface area contributed by atoms with Gasteiger partial charge in [-0.25, -0.2) is 9.97 Å². The largest absolute Gasteiger partial charge is 0.309 e. The third-order valence-corrected chi connectivity index (χ3v) is 8.58. The fourth-order valence-corrected chi connectivity index (χ4v) is 6.60. The zero-order valence-corrected chi connectivity index (χ0v) is 23.3. The van der Waals surface area contributed by atoms with Crippen LogP contribution in [0.5, 0.6) is 0 Å². The van der Waals surface area contributed by atoms with Gasteiger partial charge in [-0.05, 0) is 52.6 Å². The highest BCUT2D eigenvalue weighted by atomic mass is 15.0. The highest BCUT2D eigenvalue weighted by molar-refractivity contribution is 6.25. The molecule has 0 bridgehead atoms. The van der Waals surface area contributed by atoms with Crippen LogP contribution in [-0.2, 0) is 0 Å². The number of hydrogen-bond donors (Lipinski definition) is 0. The average molecular weight is 548 g/mol. The Hall–Kier alpha value is -5.80. The lowest BCUT2D eigenvalue weighted by molar-refractivity contribution is 1.18. The molecule has 2 aromatic heterocycles. The van der Waals surface area contributed by atoms with E-state index in [1.807, 2.05) is 18.2 Å². The molecule has 0 aliphatic carbocycles. The standard InChI is InChI=1S/C40H25N3/c1-2-12-28(13-3-1)38-33-16-8-9-17-35(33)41-40(42-38)29-18-22-30(23-19-29)43-36-25-21-26-10-4-6-14-31(26)37(36)34-24-20-27-11-5-7-15-32(27)39(34)43/h1-25H. The van der Waals surface area contributed by atoms with Crippen molar-refractivity contribution in [1.29, 1.82) is 0 Å². The first-order valence-corrected chi connectivity index (χ1v) is 14.6. The van der Waals surface area contributed by atoms with E-state index < -0.39 is 0 Å². The molecule has 0 atom stereocenters. The minimum Gasteiger partial charge on any atom is -0.309 e. The van der Waals surface area contributed by atoms with Gasteiger partial charge in [0, 0.05) is 38.4 Å². The number of para-hydroxylation sites is 1. The summed E-state index contributed by atoms with van der Waals surface area (Å²) in [4.78, 5) is 10.1. The second kappa shape index (κ2) is 9.37. The molecule has 3 heteroatoms. The molecule has 200 valence electrons. The summed E-state index contributed by atoms with van der Waals surface area (Å²) in [6, 6.07) is 53.7. The van der Waals surface area contributed by atoms with Gasteiger partial charge in [-0.3, -0.25) is 0 Å². The van der Waals surface area contributed by atoms with Crippen LogP contribution < -0.4 is 0 Å². The molecule has 0 saturated carbocycles. The SMILES string of the molecule is c1ccc(-c2nc(-c3ccc(-n4c5ccc6ccccc6c5c5ccc6ccccc6c54)cc3)nc3ccccc23)cc1. The van der Waals surface area contributed by atoms with Gasteiger partial charge in [-0.15, -0.1) is 0 Å². The van der Waals surface area contributed by atoms with Crippen LogP contribution in [0.25, 0.3) is 82.6 Å². The third-order valence-electron chi connectivity index (χ3n) is 8.58.